The van der Waals surface area contributed by atoms with Gasteiger partial charge < -0.3 is 19.7 Å². The van der Waals surface area contributed by atoms with Gasteiger partial charge in [0, 0.05) is 51.3 Å². The van der Waals surface area contributed by atoms with E-state index in [0.29, 0.717) is 13.2 Å². The van der Waals surface area contributed by atoms with E-state index < -0.39 is 0 Å². The van der Waals surface area contributed by atoms with Gasteiger partial charge in [0.15, 0.2) is 0 Å². The largest absolute Gasteiger partial charge is 0.383 e. The molecule has 0 saturated carbocycles. The summed E-state index contributed by atoms with van der Waals surface area (Å²) >= 11 is 0. The predicted molar refractivity (Wildman–Crippen MR) is 86.8 cm³/mol. The fourth-order valence-corrected chi connectivity index (χ4v) is 1.89. The second kappa shape index (κ2) is 8.97. The number of aromatic nitrogens is 1. The van der Waals surface area contributed by atoms with E-state index in [1.165, 1.54) is 0 Å². The van der Waals surface area contributed by atoms with E-state index in [-0.39, 0.29) is 5.54 Å². The summed E-state index contributed by atoms with van der Waals surface area (Å²) in [7, 11) is 3.44. The molecule has 1 aromatic rings. The highest BCUT2D eigenvalue weighted by atomic mass is 16.5. The number of nitrogens with zero attached hydrogens (tertiary/aromatic N) is 2. The van der Waals surface area contributed by atoms with Crippen LogP contribution in [-0.2, 0) is 16.0 Å². The van der Waals surface area contributed by atoms with Gasteiger partial charge in [0.2, 0.25) is 0 Å². The molecule has 120 valence electrons. The van der Waals surface area contributed by atoms with Crippen molar-refractivity contribution in [3.63, 3.8) is 0 Å². The van der Waals surface area contributed by atoms with Crippen molar-refractivity contribution in [2.75, 3.05) is 45.4 Å². The lowest BCUT2D eigenvalue weighted by atomic mass is 10.1. The van der Waals surface area contributed by atoms with Crippen LogP contribution >= 0.6 is 0 Å². The van der Waals surface area contributed by atoms with Gasteiger partial charge in [-0.15, -0.1) is 0 Å². The summed E-state index contributed by atoms with van der Waals surface area (Å²) in [4.78, 5) is 6.69. The van der Waals surface area contributed by atoms with Gasteiger partial charge in [0.05, 0.1) is 18.9 Å². The lowest BCUT2D eigenvalue weighted by Gasteiger charge is -2.25. The first-order valence-electron chi connectivity index (χ1n) is 7.39. The maximum absolute atomic E-state index is 5.19. The fourth-order valence-electron chi connectivity index (χ4n) is 1.89. The normalized spacial score (nSPS) is 11.7. The number of ether oxygens (including phenoxy) is 2. The Bertz CT molecular complexity index is 397. The molecule has 0 fully saturated rings. The van der Waals surface area contributed by atoms with E-state index in [2.05, 4.69) is 42.0 Å². The van der Waals surface area contributed by atoms with Crippen molar-refractivity contribution < 1.29 is 9.47 Å². The topological polar surface area (TPSA) is 46.6 Å². The first kappa shape index (κ1) is 17.9. The maximum atomic E-state index is 5.19. The highest BCUT2D eigenvalue weighted by molar-refractivity contribution is 5.46. The monoisotopic (exact) mass is 295 g/mol. The zero-order valence-electron chi connectivity index (χ0n) is 14.0. The van der Waals surface area contributed by atoms with Gasteiger partial charge in [-0.1, -0.05) is 0 Å². The molecule has 0 aliphatic carbocycles. The number of methoxy groups -OCH3 is 2. The summed E-state index contributed by atoms with van der Waals surface area (Å²) in [5, 5.41) is 3.46. The van der Waals surface area contributed by atoms with Gasteiger partial charge in [-0.3, -0.25) is 4.98 Å². The first-order chi connectivity index (χ1) is 9.96. The first-order valence-corrected chi connectivity index (χ1v) is 7.39. The van der Waals surface area contributed by atoms with E-state index in [4.69, 9.17) is 9.47 Å². The van der Waals surface area contributed by atoms with Crippen LogP contribution in [-0.4, -0.2) is 51.0 Å². The fraction of sp³-hybridized carbons (Fsp3) is 0.688. The molecular formula is C16H29N3O2. The lowest BCUT2D eigenvalue weighted by molar-refractivity contribution is 0.190. The molecule has 0 aromatic carbocycles. The minimum Gasteiger partial charge on any atom is -0.383 e. The van der Waals surface area contributed by atoms with Crippen LogP contribution in [0.5, 0.6) is 0 Å². The Morgan fingerprint density at radius 1 is 1.14 bits per heavy atom. The third-order valence-corrected chi connectivity index (χ3v) is 3.10. The Hall–Kier alpha value is -1.17. The van der Waals surface area contributed by atoms with Crippen LogP contribution in [0.2, 0.25) is 0 Å². The van der Waals surface area contributed by atoms with Gasteiger partial charge in [-0.25, -0.2) is 0 Å². The maximum Gasteiger partial charge on any atom is 0.0637 e. The average Bonchev–Trinajstić information content (AvgIpc) is 2.45. The van der Waals surface area contributed by atoms with E-state index in [1.54, 1.807) is 14.2 Å². The zero-order chi connectivity index (χ0) is 15.7. The molecule has 0 amide bonds. The van der Waals surface area contributed by atoms with Crippen LogP contribution in [0.4, 0.5) is 5.69 Å². The Kier molecular flexibility index (Phi) is 7.64. The van der Waals surface area contributed by atoms with E-state index >= 15 is 0 Å². The smallest absolute Gasteiger partial charge is 0.0637 e. The van der Waals surface area contributed by atoms with Crippen molar-refractivity contribution in [1.82, 2.24) is 10.3 Å². The Labute approximate surface area is 128 Å². The molecule has 0 saturated heterocycles. The summed E-state index contributed by atoms with van der Waals surface area (Å²) in [6, 6.07) is 4.16. The van der Waals surface area contributed by atoms with Gasteiger partial charge in [-0.2, -0.15) is 0 Å². The van der Waals surface area contributed by atoms with Crippen LogP contribution in [0.15, 0.2) is 18.3 Å². The number of pyridine rings is 1. The van der Waals surface area contributed by atoms with Crippen LogP contribution in [0.25, 0.3) is 0 Å². The molecule has 0 aliphatic heterocycles. The van der Waals surface area contributed by atoms with Crippen LogP contribution in [0, 0.1) is 0 Å². The van der Waals surface area contributed by atoms with Crippen LogP contribution in [0.1, 0.15) is 26.5 Å². The summed E-state index contributed by atoms with van der Waals surface area (Å²) in [6.45, 7) is 10.3. The van der Waals surface area contributed by atoms with Crippen molar-refractivity contribution in [2.24, 2.45) is 0 Å². The van der Waals surface area contributed by atoms with E-state index in [0.717, 1.165) is 31.0 Å². The zero-order valence-corrected chi connectivity index (χ0v) is 14.0. The molecule has 5 heteroatoms. The van der Waals surface area contributed by atoms with Gasteiger partial charge in [0.1, 0.15) is 0 Å². The van der Waals surface area contributed by atoms with Gasteiger partial charge in [-0.05, 0) is 32.9 Å². The third-order valence-electron chi connectivity index (χ3n) is 3.10. The lowest BCUT2D eigenvalue weighted by Crippen LogP contribution is -2.35. The minimum atomic E-state index is 0.0868. The number of rotatable bonds is 9. The van der Waals surface area contributed by atoms with Crippen molar-refractivity contribution in [3.05, 3.63) is 24.0 Å². The van der Waals surface area contributed by atoms with Crippen LogP contribution in [0.3, 0.4) is 0 Å². The second-order valence-electron chi connectivity index (χ2n) is 6.08. The van der Waals surface area contributed by atoms with Crippen LogP contribution < -0.4 is 10.2 Å². The molecule has 1 rings (SSSR count). The molecule has 0 spiro atoms. The summed E-state index contributed by atoms with van der Waals surface area (Å²) < 4.78 is 10.4. The highest BCUT2D eigenvalue weighted by Gasteiger charge is 2.11. The Balaban J connectivity index is 2.73. The second-order valence-corrected chi connectivity index (χ2v) is 6.08. The molecule has 0 bridgehead atoms. The summed E-state index contributed by atoms with van der Waals surface area (Å²) in [6.07, 6.45) is 1.86. The molecule has 0 radical (unpaired) electrons. The molecule has 1 aromatic heterocycles. The van der Waals surface area contributed by atoms with Gasteiger partial charge >= 0.3 is 0 Å². The predicted octanol–water partition coefficient (Wildman–Crippen LogP) is 2.07. The Morgan fingerprint density at radius 3 is 2.29 bits per heavy atom. The van der Waals surface area contributed by atoms with Crippen molar-refractivity contribution in [3.8, 4) is 0 Å². The molecule has 0 aliphatic rings. The van der Waals surface area contributed by atoms with E-state index in [1.807, 2.05) is 12.3 Å². The molecule has 0 unspecified atom stereocenters. The Morgan fingerprint density at radius 2 is 1.76 bits per heavy atom. The number of hydrogen-bond acceptors (Lipinski definition) is 5. The minimum absolute atomic E-state index is 0.0868. The average molecular weight is 295 g/mol. The quantitative estimate of drug-likeness (QED) is 0.755. The molecule has 1 N–H and O–H groups in total. The number of hydrogen-bond donors (Lipinski definition) is 1. The molecule has 5 nitrogen and oxygen atoms in total. The molecule has 0 atom stereocenters. The SMILES string of the molecule is COCCN(CCOC)c1ccnc(CNC(C)(C)C)c1. The van der Waals surface area contributed by atoms with E-state index in [9.17, 15) is 0 Å². The number of nitrogens with one attached hydrogen (secondary N) is 1. The van der Waals surface area contributed by atoms with Crippen molar-refractivity contribution in [1.29, 1.82) is 0 Å². The van der Waals surface area contributed by atoms with Crippen molar-refractivity contribution in [2.45, 2.75) is 32.9 Å². The standard InChI is InChI=1S/C16H29N3O2/c1-16(2,3)18-13-14-12-15(6-7-17-14)19(8-10-20-4)9-11-21-5/h6-7,12,18H,8-11,13H2,1-5H3. The number of anilines is 1. The molecular weight excluding hydrogens is 266 g/mol. The highest BCUT2D eigenvalue weighted by Crippen LogP contribution is 2.15. The van der Waals surface area contributed by atoms with Gasteiger partial charge in [0.25, 0.3) is 0 Å². The van der Waals surface area contributed by atoms with Crippen molar-refractivity contribution >= 4 is 5.69 Å². The molecule has 21 heavy (non-hydrogen) atoms. The summed E-state index contributed by atoms with van der Waals surface area (Å²) in [5.74, 6) is 0. The summed E-state index contributed by atoms with van der Waals surface area (Å²) in [5.41, 5.74) is 2.29. The molecule has 1 heterocycles. The third kappa shape index (κ3) is 7.41.